The molecule has 1 fully saturated rings. The normalized spacial score (nSPS) is 15.2. The van der Waals surface area contributed by atoms with Gasteiger partial charge in [0.15, 0.2) is 0 Å². The Morgan fingerprint density at radius 3 is 2.37 bits per heavy atom. The van der Waals surface area contributed by atoms with Crippen LogP contribution in [0.5, 0.6) is 5.75 Å². The largest absolute Gasteiger partial charge is 0.497 e. The van der Waals surface area contributed by atoms with E-state index in [2.05, 4.69) is 17.0 Å². The predicted octanol–water partition coefficient (Wildman–Crippen LogP) is 2.95. The number of hydrogen-bond donors (Lipinski definition) is 0. The van der Waals surface area contributed by atoms with Crippen molar-refractivity contribution in [1.29, 1.82) is 0 Å². The fourth-order valence-corrected chi connectivity index (χ4v) is 3.23. The van der Waals surface area contributed by atoms with Gasteiger partial charge in [0.2, 0.25) is 0 Å². The summed E-state index contributed by atoms with van der Waals surface area (Å²) < 4.78 is 5.19. The van der Waals surface area contributed by atoms with Crippen molar-refractivity contribution in [2.75, 3.05) is 33.3 Å². The number of carbonyl (C=O) groups is 1. The minimum Gasteiger partial charge on any atom is -0.497 e. The number of benzene rings is 2. The summed E-state index contributed by atoms with van der Waals surface area (Å²) in [6.07, 6.45) is 0.898. The van der Waals surface area contributed by atoms with Gasteiger partial charge in [-0.25, -0.2) is 0 Å². The first kappa shape index (κ1) is 18.8. The summed E-state index contributed by atoms with van der Waals surface area (Å²) in [4.78, 5) is 27.1. The highest BCUT2D eigenvalue weighted by Crippen LogP contribution is 2.17. The molecule has 0 spiro atoms. The van der Waals surface area contributed by atoms with Gasteiger partial charge >= 0.3 is 0 Å². The van der Waals surface area contributed by atoms with Gasteiger partial charge in [-0.2, -0.15) is 0 Å². The van der Waals surface area contributed by atoms with Crippen molar-refractivity contribution in [3.8, 4) is 5.75 Å². The number of rotatable bonds is 5. The number of nitrogens with zero attached hydrogens (tertiary/aromatic N) is 3. The van der Waals surface area contributed by atoms with E-state index in [1.165, 1.54) is 29.8 Å². The summed E-state index contributed by atoms with van der Waals surface area (Å²) in [5.41, 5.74) is 1.70. The highest BCUT2D eigenvalue weighted by atomic mass is 16.6. The highest BCUT2D eigenvalue weighted by Gasteiger charge is 2.21. The van der Waals surface area contributed by atoms with Crippen molar-refractivity contribution in [3.63, 3.8) is 0 Å². The third-order valence-electron chi connectivity index (χ3n) is 4.77. The molecule has 7 heteroatoms. The van der Waals surface area contributed by atoms with Crippen LogP contribution in [0.3, 0.4) is 0 Å². The van der Waals surface area contributed by atoms with Crippen LogP contribution < -0.4 is 4.74 Å². The van der Waals surface area contributed by atoms with Crippen molar-refractivity contribution in [3.05, 3.63) is 69.8 Å². The number of ether oxygens (including phenoxy) is 1. The van der Waals surface area contributed by atoms with Crippen LogP contribution in [0.2, 0.25) is 0 Å². The predicted molar refractivity (Wildman–Crippen MR) is 102 cm³/mol. The molecule has 1 aliphatic rings. The molecule has 1 amide bonds. The van der Waals surface area contributed by atoms with E-state index >= 15 is 0 Å². The van der Waals surface area contributed by atoms with Gasteiger partial charge in [0, 0.05) is 50.4 Å². The first-order valence-electron chi connectivity index (χ1n) is 8.96. The third kappa shape index (κ3) is 4.83. The lowest BCUT2D eigenvalue weighted by molar-refractivity contribution is -0.384. The maximum atomic E-state index is 12.7. The lowest BCUT2D eigenvalue weighted by Gasteiger charge is -2.22. The highest BCUT2D eigenvalue weighted by molar-refractivity contribution is 5.94. The second-order valence-electron chi connectivity index (χ2n) is 6.57. The zero-order chi connectivity index (χ0) is 19.2. The van der Waals surface area contributed by atoms with Gasteiger partial charge in [-0.1, -0.05) is 12.1 Å². The van der Waals surface area contributed by atoms with E-state index in [0.29, 0.717) is 18.7 Å². The molecule has 1 saturated heterocycles. The minimum atomic E-state index is -0.461. The second kappa shape index (κ2) is 8.64. The topological polar surface area (TPSA) is 75.9 Å². The molecule has 2 aromatic carbocycles. The molecule has 0 saturated carbocycles. The molecular formula is C20H23N3O4. The quantitative estimate of drug-likeness (QED) is 0.598. The lowest BCUT2D eigenvalue weighted by Crippen LogP contribution is -2.35. The van der Waals surface area contributed by atoms with Crippen LogP contribution in [-0.2, 0) is 6.54 Å². The average Bonchev–Trinajstić information content (AvgIpc) is 2.93. The minimum absolute atomic E-state index is 0.00640. The molecule has 1 aliphatic heterocycles. The van der Waals surface area contributed by atoms with Crippen LogP contribution >= 0.6 is 0 Å². The van der Waals surface area contributed by atoms with Gasteiger partial charge in [-0.3, -0.25) is 19.8 Å². The van der Waals surface area contributed by atoms with Crippen LogP contribution in [0.4, 0.5) is 5.69 Å². The molecule has 0 bridgehead atoms. The lowest BCUT2D eigenvalue weighted by atomic mass is 10.2. The Bertz CT molecular complexity index is 790. The summed E-state index contributed by atoms with van der Waals surface area (Å²) in [6.45, 7) is 3.89. The number of hydrogen-bond acceptors (Lipinski definition) is 5. The first-order chi connectivity index (χ1) is 13.1. The summed E-state index contributed by atoms with van der Waals surface area (Å²) in [7, 11) is 1.65. The van der Waals surface area contributed by atoms with E-state index in [4.69, 9.17) is 4.74 Å². The molecule has 0 atom stereocenters. The van der Waals surface area contributed by atoms with Gasteiger partial charge in [-0.15, -0.1) is 0 Å². The van der Waals surface area contributed by atoms with Gasteiger partial charge in [-0.05, 0) is 36.2 Å². The Morgan fingerprint density at radius 2 is 1.74 bits per heavy atom. The maximum Gasteiger partial charge on any atom is 0.269 e. The molecule has 2 aromatic rings. The molecule has 142 valence electrons. The van der Waals surface area contributed by atoms with E-state index in [1.807, 2.05) is 17.0 Å². The molecule has 0 aliphatic carbocycles. The second-order valence-corrected chi connectivity index (χ2v) is 6.57. The fourth-order valence-electron chi connectivity index (χ4n) is 3.23. The summed E-state index contributed by atoms with van der Waals surface area (Å²) >= 11 is 0. The van der Waals surface area contributed by atoms with E-state index in [9.17, 15) is 14.9 Å². The summed E-state index contributed by atoms with van der Waals surface area (Å²) in [6, 6.07) is 13.8. The van der Waals surface area contributed by atoms with E-state index in [1.54, 1.807) is 7.11 Å². The van der Waals surface area contributed by atoms with E-state index in [-0.39, 0.29) is 11.6 Å². The zero-order valence-corrected chi connectivity index (χ0v) is 15.3. The Labute approximate surface area is 158 Å². The van der Waals surface area contributed by atoms with E-state index < -0.39 is 4.92 Å². The molecule has 27 heavy (non-hydrogen) atoms. The summed E-state index contributed by atoms with van der Waals surface area (Å²) in [5.74, 6) is 0.769. The number of methoxy groups -OCH3 is 1. The van der Waals surface area contributed by atoms with Gasteiger partial charge in [0.05, 0.1) is 12.0 Å². The Hall–Kier alpha value is -2.93. The Morgan fingerprint density at radius 1 is 1.04 bits per heavy atom. The van der Waals surface area contributed by atoms with Crippen molar-refractivity contribution < 1.29 is 14.5 Å². The molecule has 0 N–H and O–H groups in total. The van der Waals surface area contributed by atoms with Crippen molar-refractivity contribution >= 4 is 11.6 Å². The molecule has 0 radical (unpaired) electrons. The van der Waals surface area contributed by atoms with Crippen LogP contribution in [0, 0.1) is 10.1 Å². The summed E-state index contributed by atoms with van der Waals surface area (Å²) in [5, 5.41) is 10.7. The number of amides is 1. The van der Waals surface area contributed by atoms with Gasteiger partial charge < -0.3 is 9.64 Å². The monoisotopic (exact) mass is 369 g/mol. The van der Waals surface area contributed by atoms with Crippen molar-refractivity contribution in [2.24, 2.45) is 0 Å². The Kier molecular flexibility index (Phi) is 6.03. The van der Waals surface area contributed by atoms with Gasteiger partial charge in [0.1, 0.15) is 5.75 Å². The maximum absolute atomic E-state index is 12.7. The smallest absolute Gasteiger partial charge is 0.269 e. The third-order valence-corrected chi connectivity index (χ3v) is 4.77. The number of carbonyl (C=O) groups excluding carboxylic acids is 1. The van der Waals surface area contributed by atoms with Crippen LogP contribution in [0.1, 0.15) is 22.3 Å². The zero-order valence-electron chi connectivity index (χ0n) is 15.3. The van der Waals surface area contributed by atoms with Crippen molar-refractivity contribution in [1.82, 2.24) is 9.80 Å². The number of non-ortho nitro benzene ring substituents is 1. The molecule has 0 aromatic heterocycles. The molecule has 1 heterocycles. The van der Waals surface area contributed by atoms with Crippen LogP contribution in [0.15, 0.2) is 48.5 Å². The van der Waals surface area contributed by atoms with Crippen molar-refractivity contribution in [2.45, 2.75) is 13.0 Å². The standard InChI is InChI=1S/C20H23N3O4/c1-27-19-9-3-16(4-10-19)15-21-11-2-12-22(14-13-21)20(24)17-5-7-18(8-6-17)23(25)26/h3-10H,2,11-15H2,1H3. The average molecular weight is 369 g/mol. The number of nitro benzene ring substituents is 1. The SMILES string of the molecule is COc1ccc(CN2CCCN(C(=O)c3ccc([N+](=O)[O-])cc3)CC2)cc1. The molecule has 7 nitrogen and oxygen atoms in total. The molecule has 3 rings (SSSR count). The van der Waals surface area contributed by atoms with Gasteiger partial charge in [0.25, 0.3) is 11.6 Å². The van der Waals surface area contributed by atoms with Crippen LogP contribution in [0.25, 0.3) is 0 Å². The fraction of sp³-hybridized carbons (Fsp3) is 0.350. The first-order valence-corrected chi connectivity index (χ1v) is 8.96. The number of nitro groups is 1. The Balaban J connectivity index is 1.58. The molecule has 0 unspecified atom stereocenters. The molecular weight excluding hydrogens is 346 g/mol. The van der Waals surface area contributed by atoms with Crippen LogP contribution in [-0.4, -0.2) is 53.9 Å². The van der Waals surface area contributed by atoms with E-state index in [0.717, 1.165) is 31.8 Å².